The number of amides is 1. The van der Waals surface area contributed by atoms with Crippen LogP contribution in [0.25, 0.3) is 10.8 Å². The molecule has 0 aliphatic carbocycles. The van der Waals surface area contributed by atoms with Gasteiger partial charge in [0.25, 0.3) is 5.91 Å². The summed E-state index contributed by atoms with van der Waals surface area (Å²) in [5, 5.41) is 12.6. The number of hydrogen-bond donors (Lipinski definition) is 1. The van der Waals surface area contributed by atoms with Crippen molar-refractivity contribution in [1.29, 1.82) is 0 Å². The summed E-state index contributed by atoms with van der Waals surface area (Å²) in [4.78, 5) is 29.9. The Kier molecular flexibility index (Phi) is 8.44. The third-order valence-electron chi connectivity index (χ3n) is 6.21. The van der Waals surface area contributed by atoms with Gasteiger partial charge in [0, 0.05) is 36.5 Å². The van der Waals surface area contributed by atoms with Crippen LogP contribution in [0.4, 0.5) is 5.69 Å². The third-order valence-corrected chi connectivity index (χ3v) is 6.44. The first-order valence-corrected chi connectivity index (χ1v) is 12.7. The van der Waals surface area contributed by atoms with E-state index in [-0.39, 0.29) is 17.6 Å². The average molecular weight is 529 g/mol. The zero-order valence-corrected chi connectivity index (χ0v) is 22.3. The Morgan fingerprint density at radius 1 is 1.00 bits per heavy atom. The number of esters is 1. The molecule has 1 aliphatic heterocycles. The zero-order valence-electron chi connectivity index (χ0n) is 21.5. The molecule has 1 N–H and O–H groups in total. The van der Waals surface area contributed by atoms with Crippen molar-refractivity contribution < 1.29 is 19.4 Å². The van der Waals surface area contributed by atoms with Crippen LogP contribution in [0.15, 0.2) is 89.9 Å². The van der Waals surface area contributed by atoms with Crippen LogP contribution < -0.4 is 4.90 Å². The number of likely N-dealkylation sites (N-methyl/N-ethyl adjacent to an activating group) is 1. The van der Waals surface area contributed by atoms with Crippen LogP contribution in [0.5, 0.6) is 5.75 Å². The van der Waals surface area contributed by atoms with E-state index in [0.717, 1.165) is 33.2 Å². The maximum atomic E-state index is 13.4. The highest BCUT2D eigenvalue weighted by molar-refractivity contribution is 6.32. The summed E-state index contributed by atoms with van der Waals surface area (Å²) in [5.74, 6) is -0.108. The maximum absolute atomic E-state index is 13.4. The molecule has 0 fully saturated rings. The number of nitrogens with zero attached hydrogens (tertiary/aromatic N) is 2. The molecule has 4 aromatic carbocycles. The van der Waals surface area contributed by atoms with Crippen molar-refractivity contribution in [2.45, 2.75) is 26.3 Å². The summed E-state index contributed by atoms with van der Waals surface area (Å²) in [6.45, 7) is 3.65. The minimum absolute atomic E-state index is 0.0736. The largest absolute Gasteiger partial charge is 0.508 e. The Bertz CT molecular complexity index is 1500. The minimum atomic E-state index is -0.587. The molecule has 1 atom stereocenters. The molecule has 38 heavy (non-hydrogen) atoms. The highest BCUT2D eigenvalue weighted by Gasteiger charge is 2.30. The van der Waals surface area contributed by atoms with Gasteiger partial charge in [-0.1, -0.05) is 54.1 Å². The third kappa shape index (κ3) is 6.21. The first-order chi connectivity index (χ1) is 18.3. The van der Waals surface area contributed by atoms with E-state index < -0.39 is 6.04 Å². The van der Waals surface area contributed by atoms with Gasteiger partial charge in [0.1, 0.15) is 11.8 Å². The number of fused-ring (bicyclic) bond motifs is 2. The molecule has 1 unspecified atom stereocenters. The van der Waals surface area contributed by atoms with Gasteiger partial charge in [-0.05, 0) is 65.7 Å². The number of anilines is 1. The van der Waals surface area contributed by atoms with E-state index in [4.69, 9.17) is 16.6 Å². The molecule has 1 amide bonds. The fraction of sp³-hybridized carbons (Fsp3) is 0.194. The van der Waals surface area contributed by atoms with Crippen molar-refractivity contribution in [3.05, 3.63) is 107 Å². The number of hydrogen-bond acceptors (Lipinski definition) is 5. The standard InChI is InChI=1S/C27H21ClN2O2.C4H8O2/c1-30-25-13-10-21(28)16-23(25)26(19-8-11-22(31)12-9-19)29-24(27(30)32)15-17-6-7-18-4-2-3-5-20(18)14-17;1-3-6-4(2)5/h2-14,16,24,31H,15H2,1H3;3H2,1-2H3. The Hall–Kier alpha value is -4.16. The van der Waals surface area contributed by atoms with Crippen molar-refractivity contribution in [3.63, 3.8) is 0 Å². The summed E-state index contributed by atoms with van der Waals surface area (Å²) in [5.41, 5.74) is 4.10. The lowest BCUT2D eigenvalue weighted by atomic mass is 9.99. The van der Waals surface area contributed by atoms with Gasteiger partial charge in [0.2, 0.25) is 0 Å². The molecule has 0 aromatic heterocycles. The van der Waals surface area contributed by atoms with Crippen LogP contribution >= 0.6 is 11.6 Å². The van der Waals surface area contributed by atoms with E-state index in [2.05, 4.69) is 35.1 Å². The number of carbonyl (C=O) groups excluding carboxylic acids is 2. The van der Waals surface area contributed by atoms with E-state index in [1.54, 1.807) is 37.1 Å². The topological polar surface area (TPSA) is 79.2 Å². The number of ether oxygens (including phenoxy) is 1. The number of phenolic OH excluding ortho intramolecular Hbond substituents is 1. The van der Waals surface area contributed by atoms with Crippen molar-refractivity contribution in [1.82, 2.24) is 0 Å². The molecule has 0 saturated heterocycles. The van der Waals surface area contributed by atoms with Crippen molar-refractivity contribution in [2.75, 3.05) is 18.6 Å². The molecule has 7 heteroatoms. The molecule has 1 aliphatic rings. The molecule has 0 radical (unpaired) electrons. The smallest absolute Gasteiger partial charge is 0.302 e. The molecular formula is C31H29ClN2O4. The van der Waals surface area contributed by atoms with Crippen molar-refractivity contribution in [2.24, 2.45) is 4.99 Å². The number of benzodiazepines with no additional fused rings is 1. The fourth-order valence-corrected chi connectivity index (χ4v) is 4.56. The van der Waals surface area contributed by atoms with Gasteiger partial charge in [-0.3, -0.25) is 14.6 Å². The summed E-state index contributed by atoms with van der Waals surface area (Å²) in [7, 11) is 1.78. The highest BCUT2D eigenvalue weighted by atomic mass is 35.5. The fourth-order valence-electron chi connectivity index (χ4n) is 4.39. The van der Waals surface area contributed by atoms with E-state index in [1.165, 1.54) is 6.92 Å². The van der Waals surface area contributed by atoms with Crippen LogP contribution in [0.3, 0.4) is 0 Å². The van der Waals surface area contributed by atoms with Gasteiger partial charge in [-0.15, -0.1) is 0 Å². The minimum Gasteiger partial charge on any atom is -0.508 e. The maximum Gasteiger partial charge on any atom is 0.302 e. The second-order valence-corrected chi connectivity index (χ2v) is 9.35. The molecule has 0 spiro atoms. The Morgan fingerprint density at radius 3 is 2.37 bits per heavy atom. The molecule has 6 nitrogen and oxygen atoms in total. The average Bonchev–Trinajstić information content (AvgIpc) is 3.00. The monoisotopic (exact) mass is 528 g/mol. The van der Waals surface area contributed by atoms with Gasteiger partial charge in [-0.25, -0.2) is 0 Å². The normalized spacial score (nSPS) is 14.6. The lowest BCUT2D eigenvalue weighted by molar-refractivity contribution is -0.140. The van der Waals surface area contributed by atoms with E-state index >= 15 is 0 Å². The molecule has 194 valence electrons. The van der Waals surface area contributed by atoms with Crippen LogP contribution in [0.2, 0.25) is 5.02 Å². The lowest BCUT2D eigenvalue weighted by Crippen LogP contribution is -2.36. The first kappa shape index (κ1) is 26.9. The first-order valence-electron chi connectivity index (χ1n) is 12.3. The Labute approximate surface area is 227 Å². The Balaban J connectivity index is 0.000000505. The molecule has 5 rings (SSSR count). The molecule has 4 aromatic rings. The van der Waals surface area contributed by atoms with E-state index in [1.807, 2.05) is 36.4 Å². The molecular weight excluding hydrogens is 500 g/mol. The Morgan fingerprint density at radius 2 is 1.71 bits per heavy atom. The van der Waals surface area contributed by atoms with Gasteiger partial charge in [0.05, 0.1) is 18.0 Å². The number of halogens is 1. The molecule has 1 heterocycles. The summed E-state index contributed by atoms with van der Waals surface area (Å²) >= 11 is 6.32. The van der Waals surface area contributed by atoms with Crippen LogP contribution in [0, 0.1) is 0 Å². The molecule has 0 bridgehead atoms. The SMILES string of the molecule is CCOC(C)=O.CN1C(=O)C(Cc2ccc3ccccc3c2)N=C(c2ccc(O)cc2)c2cc(Cl)ccc21. The van der Waals surface area contributed by atoms with Gasteiger partial charge >= 0.3 is 5.97 Å². The number of phenols is 1. The number of aromatic hydroxyl groups is 1. The summed E-state index contributed by atoms with van der Waals surface area (Å²) < 4.78 is 4.40. The number of aliphatic imine (C=N–C) groups is 1. The predicted octanol–water partition coefficient (Wildman–Crippen LogP) is 6.19. The second kappa shape index (κ2) is 11.9. The van der Waals surface area contributed by atoms with Crippen LogP contribution in [-0.2, 0) is 20.7 Å². The zero-order chi connectivity index (χ0) is 27.2. The van der Waals surface area contributed by atoms with E-state index in [0.29, 0.717) is 23.8 Å². The van der Waals surface area contributed by atoms with Gasteiger partial charge in [0.15, 0.2) is 0 Å². The quantitative estimate of drug-likeness (QED) is 0.320. The van der Waals surface area contributed by atoms with Gasteiger partial charge in [-0.2, -0.15) is 0 Å². The second-order valence-electron chi connectivity index (χ2n) is 8.91. The summed E-state index contributed by atoms with van der Waals surface area (Å²) in [6.07, 6.45) is 0.483. The predicted molar refractivity (Wildman–Crippen MR) is 152 cm³/mol. The van der Waals surface area contributed by atoms with E-state index in [9.17, 15) is 14.7 Å². The van der Waals surface area contributed by atoms with Crippen LogP contribution in [0.1, 0.15) is 30.5 Å². The number of benzene rings is 4. The van der Waals surface area contributed by atoms with Crippen molar-refractivity contribution in [3.8, 4) is 5.75 Å². The summed E-state index contributed by atoms with van der Waals surface area (Å²) in [6, 6.07) is 26.2. The lowest BCUT2D eigenvalue weighted by Gasteiger charge is -2.20. The number of carbonyl (C=O) groups is 2. The van der Waals surface area contributed by atoms with Gasteiger partial charge < -0.3 is 14.7 Å². The van der Waals surface area contributed by atoms with Crippen molar-refractivity contribution >= 4 is 45.6 Å². The number of rotatable bonds is 4. The highest BCUT2D eigenvalue weighted by Crippen LogP contribution is 2.31. The van der Waals surface area contributed by atoms with Crippen LogP contribution in [-0.4, -0.2) is 42.4 Å². The molecule has 0 saturated carbocycles.